The first-order valence-electron chi connectivity index (χ1n) is 5.02. The van der Waals surface area contributed by atoms with Crippen molar-refractivity contribution < 1.29 is 9.90 Å². The van der Waals surface area contributed by atoms with Crippen LogP contribution in [0.15, 0.2) is 30.5 Å². The highest BCUT2D eigenvalue weighted by Crippen LogP contribution is 2.25. The topological polar surface area (TPSA) is 62.2 Å². The highest BCUT2D eigenvalue weighted by atomic mass is 16.4. The molecular weight excluding hydrogens is 216 g/mol. The molecule has 4 nitrogen and oxygen atoms in total. The van der Waals surface area contributed by atoms with Crippen LogP contribution < -0.4 is 5.32 Å². The summed E-state index contributed by atoms with van der Waals surface area (Å²) in [4.78, 5) is 15.2. The monoisotopic (exact) mass is 226 g/mol. The predicted molar refractivity (Wildman–Crippen MR) is 66.0 cm³/mol. The summed E-state index contributed by atoms with van der Waals surface area (Å²) in [6.07, 6.45) is 6.51. The third-order valence-electron chi connectivity index (χ3n) is 2.37. The minimum absolute atomic E-state index is 0.124. The van der Waals surface area contributed by atoms with Gasteiger partial charge in [0.05, 0.1) is 17.7 Å². The van der Waals surface area contributed by atoms with Crippen LogP contribution in [0.1, 0.15) is 10.4 Å². The number of hydrogen-bond acceptors (Lipinski definition) is 3. The van der Waals surface area contributed by atoms with Gasteiger partial charge in [-0.2, -0.15) is 0 Å². The molecule has 0 amide bonds. The average molecular weight is 226 g/mol. The highest BCUT2D eigenvalue weighted by molar-refractivity contribution is 6.04. The SMILES string of the molecule is C#CCNc1c(C(=O)O)cnc2ccccc12. The maximum atomic E-state index is 11.1. The number of carboxylic acids is 1. The van der Waals surface area contributed by atoms with Gasteiger partial charge >= 0.3 is 5.97 Å². The van der Waals surface area contributed by atoms with E-state index in [1.54, 1.807) is 0 Å². The van der Waals surface area contributed by atoms with Gasteiger partial charge < -0.3 is 10.4 Å². The molecule has 17 heavy (non-hydrogen) atoms. The Labute approximate surface area is 98.3 Å². The Morgan fingerprint density at radius 2 is 2.24 bits per heavy atom. The summed E-state index contributed by atoms with van der Waals surface area (Å²) in [6.45, 7) is 0.272. The van der Waals surface area contributed by atoms with Gasteiger partial charge in [-0.25, -0.2) is 4.79 Å². The Balaban J connectivity index is 2.66. The molecule has 0 spiro atoms. The molecule has 0 aliphatic heterocycles. The van der Waals surface area contributed by atoms with E-state index in [1.165, 1.54) is 6.20 Å². The number of para-hydroxylation sites is 1. The van der Waals surface area contributed by atoms with E-state index < -0.39 is 5.97 Å². The van der Waals surface area contributed by atoms with Gasteiger partial charge in [0.2, 0.25) is 0 Å². The lowest BCUT2D eigenvalue weighted by molar-refractivity contribution is 0.0697. The van der Waals surface area contributed by atoms with Crippen LogP contribution in [0.4, 0.5) is 5.69 Å². The zero-order valence-electron chi connectivity index (χ0n) is 8.97. The van der Waals surface area contributed by atoms with Gasteiger partial charge in [-0.05, 0) is 6.07 Å². The van der Waals surface area contributed by atoms with Crippen LogP contribution in [-0.2, 0) is 0 Å². The Morgan fingerprint density at radius 1 is 1.47 bits per heavy atom. The summed E-state index contributed by atoms with van der Waals surface area (Å²) < 4.78 is 0. The molecule has 0 saturated carbocycles. The first kappa shape index (κ1) is 11.0. The average Bonchev–Trinajstić information content (AvgIpc) is 2.35. The molecule has 1 aromatic carbocycles. The Bertz CT molecular complexity index is 614. The number of carbonyl (C=O) groups is 1. The Kier molecular flexibility index (Phi) is 2.93. The summed E-state index contributed by atoms with van der Waals surface area (Å²) in [7, 11) is 0. The molecule has 2 N–H and O–H groups in total. The van der Waals surface area contributed by atoms with E-state index in [0.29, 0.717) is 5.69 Å². The number of anilines is 1. The van der Waals surface area contributed by atoms with Crippen LogP contribution in [0.25, 0.3) is 10.9 Å². The Morgan fingerprint density at radius 3 is 2.94 bits per heavy atom. The second-order valence-corrected chi connectivity index (χ2v) is 3.43. The highest BCUT2D eigenvalue weighted by Gasteiger charge is 2.13. The van der Waals surface area contributed by atoms with E-state index in [1.807, 2.05) is 24.3 Å². The third kappa shape index (κ3) is 2.04. The molecule has 2 aromatic rings. The first-order chi connectivity index (χ1) is 8.24. The lowest BCUT2D eigenvalue weighted by atomic mass is 10.1. The number of nitrogens with zero attached hydrogens (tertiary/aromatic N) is 1. The minimum Gasteiger partial charge on any atom is -0.478 e. The number of fused-ring (bicyclic) bond motifs is 1. The smallest absolute Gasteiger partial charge is 0.339 e. The van der Waals surface area contributed by atoms with Gasteiger partial charge in [-0.1, -0.05) is 24.1 Å². The molecule has 0 atom stereocenters. The summed E-state index contributed by atoms with van der Waals surface area (Å²) in [5.41, 5.74) is 1.37. The van der Waals surface area contributed by atoms with E-state index in [2.05, 4.69) is 16.2 Å². The number of aromatic nitrogens is 1. The molecule has 1 aromatic heterocycles. The normalized spacial score (nSPS) is 9.82. The molecule has 2 rings (SSSR count). The summed E-state index contributed by atoms with van der Waals surface area (Å²) in [5.74, 6) is 1.40. The van der Waals surface area contributed by atoms with Crippen molar-refractivity contribution in [1.82, 2.24) is 4.98 Å². The fourth-order valence-corrected chi connectivity index (χ4v) is 1.63. The zero-order chi connectivity index (χ0) is 12.3. The summed E-state index contributed by atoms with van der Waals surface area (Å²) in [5, 5.41) is 12.8. The Hall–Kier alpha value is -2.54. The van der Waals surface area contributed by atoms with Gasteiger partial charge in [-0.15, -0.1) is 6.42 Å². The summed E-state index contributed by atoms with van der Waals surface area (Å²) >= 11 is 0. The summed E-state index contributed by atoms with van der Waals surface area (Å²) in [6, 6.07) is 7.31. The van der Waals surface area contributed by atoms with Gasteiger partial charge in [0, 0.05) is 11.6 Å². The number of benzene rings is 1. The van der Waals surface area contributed by atoms with E-state index in [9.17, 15) is 4.79 Å². The van der Waals surface area contributed by atoms with Gasteiger partial charge in [-0.3, -0.25) is 4.98 Å². The number of terminal acetylenes is 1. The van der Waals surface area contributed by atoms with Crippen molar-refractivity contribution in [3.05, 3.63) is 36.0 Å². The van der Waals surface area contributed by atoms with Gasteiger partial charge in [0.1, 0.15) is 5.56 Å². The number of rotatable bonds is 3. The van der Waals surface area contributed by atoms with Crippen molar-refractivity contribution >= 4 is 22.6 Å². The number of aromatic carboxylic acids is 1. The molecule has 4 heteroatoms. The second kappa shape index (κ2) is 4.54. The lowest BCUT2D eigenvalue weighted by Crippen LogP contribution is -2.08. The molecule has 0 saturated heterocycles. The number of nitrogens with one attached hydrogen (secondary N) is 1. The third-order valence-corrected chi connectivity index (χ3v) is 2.37. The molecule has 0 bridgehead atoms. The van der Waals surface area contributed by atoms with Crippen molar-refractivity contribution in [3.63, 3.8) is 0 Å². The van der Waals surface area contributed by atoms with Gasteiger partial charge in [0.15, 0.2) is 0 Å². The van der Waals surface area contributed by atoms with E-state index in [4.69, 9.17) is 11.5 Å². The van der Waals surface area contributed by atoms with E-state index in [0.717, 1.165) is 10.9 Å². The van der Waals surface area contributed by atoms with Gasteiger partial charge in [0.25, 0.3) is 0 Å². The predicted octanol–water partition coefficient (Wildman–Crippen LogP) is 1.98. The second-order valence-electron chi connectivity index (χ2n) is 3.43. The van der Waals surface area contributed by atoms with Crippen molar-refractivity contribution in [2.75, 3.05) is 11.9 Å². The largest absolute Gasteiger partial charge is 0.478 e. The molecule has 1 heterocycles. The zero-order valence-corrected chi connectivity index (χ0v) is 8.97. The van der Waals surface area contributed by atoms with E-state index in [-0.39, 0.29) is 12.1 Å². The number of carboxylic acid groups (broad SMARTS) is 1. The quantitative estimate of drug-likeness (QED) is 0.785. The van der Waals surface area contributed by atoms with Crippen molar-refractivity contribution in [2.24, 2.45) is 0 Å². The maximum absolute atomic E-state index is 11.1. The minimum atomic E-state index is -1.03. The molecule has 0 aliphatic carbocycles. The lowest BCUT2D eigenvalue weighted by Gasteiger charge is -2.10. The van der Waals surface area contributed by atoms with Crippen molar-refractivity contribution in [3.8, 4) is 12.3 Å². The van der Waals surface area contributed by atoms with Crippen LogP contribution in [-0.4, -0.2) is 22.6 Å². The fourth-order valence-electron chi connectivity index (χ4n) is 1.63. The molecule has 84 valence electrons. The van der Waals surface area contributed by atoms with Crippen LogP contribution in [0.5, 0.6) is 0 Å². The first-order valence-corrected chi connectivity index (χ1v) is 5.02. The van der Waals surface area contributed by atoms with E-state index >= 15 is 0 Å². The number of hydrogen-bond donors (Lipinski definition) is 2. The van der Waals surface area contributed by atoms with Crippen LogP contribution >= 0.6 is 0 Å². The van der Waals surface area contributed by atoms with Crippen LogP contribution in [0.2, 0.25) is 0 Å². The fraction of sp³-hybridized carbons (Fsp3) is 0.0769. The van der Waals surface area contributed by atoms with Crippen LogP contribution in [0.3, 0.4) is 0 Å². The standard InChI is InChI=1S/C13H10N2O2/c1-2-7-14-12-9-5-3-4-6-11(9)15-8-10(12)13(16)17/h1,3-6,8H,7H2,(H,14,15)(H,16,17). The number of pyridine rings is 1. The molecular formula is C13H10N2O2. The molecule has 0 unspecified atom stereocenters. The van der Waals surface area contributed by atoms with Crippen molar-refractivity contribution in [1.29, 1.82) is 0 Å². The van der Waals surface area contributed by atoms with Crippen molar-refractivity contribution in [2.45, 2.75) is 0 Å². The molecule has 0 fully saturated rings. The molecule has 0 aliphatic rings. The molecule has 0 radical (unpaired) electrons. The maximum Gasteiger partial charge on any atom is 0.339 e. The van der Waals surface area contributed by atoms with Crippen LogP contribution in [0, 0.1) is 12.3 Å².